The van der Waals surface area contributed by atoms with Crippen LogP contribution in [-0.2, 0) is 9.47 Å². The fourth-order valence-electron chi connectivity index (χ4n) is 8.94. The second kappa shape index (κ2) is 9.09. The molecule has 5 aliphatic rings. The Hall–Kier alpha value is -0.540. The largest absolute Gasteiger partial charge is 0.394 e. The summed E-state index contributed by atoms with van der Waals surface area (Å²) in [6.45, 7) is 6.46. The first-order chi connectivity index (χ1) is 16.1. The van der Waals surface area contributed by atoms with Gasteiger partial charge in [0, 0.05) is 0 Å². The minimum atomic E-state index is -1.41. The van der Waals surface area contributed by atoms with Crippen molar-refractivity contribution >= 4 is 0 Å². The fourth-order valence-corrected chi connectivity index (χ4v) is 8.94. The summed E-state index contributed by atoms with van der Waals surface area (Å²) in [5, 5.41) is 50.4. The highest BCUT2D eigenvalue weighted by molar-refractivity contribution is 5.25. The first-order valence-corrected chi connectivity index (χ1v) is 13.4. The summed E-state index contributed by atoms with van der Waals surface area (Å²) < 4.78 is 11.8. The normalized spacial score (nSPS) is 53.9. The third-order valence-electron chi connectivity index (χ3n) is 10.9. The van der Waals surface area contributed by atoms with Crippen molar-refractivity contribution in [2.24, 2.45) is 34.5 Å². The van der Waals surface area contributed by atoms with Crippen LogP contribution in [0.5, 0.6) is 0 Å². The average Bonchev–Trinajstić information content (AvgIpc) is 3.17. The van der Waals surface area contributed by atoms with Crippen LogP contribution in [0.4, 0.5) is 0 Å². The monoisotopic (exact) mass is 480 g/mol. The van der Waals surface area contributed by atoms with E-state index in [9.17, 15) is 25.5 Å². The summed E-state index contributed by atoms with van der Waals surface area (Å²) >= 11 is 0. The Morgan fingerprint density at radius 3 is 2.50 bits per heavy atom. The van der Waals surface area contributed by atoms with Crippen molar-refractivity contribution in [2.45, 2.75) is 115 Å². The van der Waals surface area contributed by atoms with Crippen molar-refractivity contribution in [3.63, 3.8) is 0 Å². The van der Waals surface area contributed by atoms with E-state index < -0.39 is 37.3 Å². The molecular weight excluding hydrogens is 436 g/mol. The van der Waals surface area contributed by atoms with E-state index >= 15 is 0 Å². The second-order valence-corrected chi connectivity index (χ2v) is 12.4. The van der Waals surface area contributed by atoms with Gasteiger partial charge in [0.05, 0.1) is 18.8 Å². The molecule has 7 nitrogen and oxygen atoms in total. The second-order valence-electron chi connectivity index (χ2n) is 12.4. The van der Waals surface area contributed by atoms with Gasteiger partial charge in [-0.3, -0.25) is 0 Å². The molecule has 4 aliphatic carbocycles. The van der Waals surface area contributed by atoms with Crippen molar-refractivity contribution in [1.82, 2.24) is 0 Å². The number of ether oxygens (including phenoxy) is 2. The third-order valence-corrected chi connectivity index (χ3v) is 10.9. The van der Waals surface area contributed by atoms with Crippen LogP contribution < -0.4 is 0 Å². The lowest BCUT2D eigenvalue weighted by atomic mass is 9.47. The minimum absolute atomic E-state index is 0.143. The van der Waals surface area contributed by atoms with Crippen molar-refractivity contribution in [3.05, 3.63) is 11.6 Å². The Morgan fingerprint density at radius 2 is 1.76 bits per heavy atom. The van der Waals surface area contributed by atoms with Crippen LogP contribution >= 0.6 is 0 Å². The van der Waals surface area contributed by atoms with Crippen molar-refractivity contribution in [1.29, 1.82) is 0 Å². The fraction of sp³-hybridized carbons (Fsp3) is 0.926. The number of hydrogen-bond acceptors (Lipinski definition) is 7. The van der Waals surface area contributed by atoms with Gasteiger partial charge in [0.25, 0.3) is 0 Å². The van der Waals surface area contributed by atoms with Crippen molar-refractivity contribution in [3.8, 4) is 0 Å². The Morgan fingerprint density at radius 1 is 1.00 bits per heavy atom. The molecular formula is C27H44O7. The lowest BCUT2D eigenvalue weighted by molar-refractivity contribution is -0.315. The molecule has 1 aliphatic heterocycles. The summed E-state index contributed by atoms with van der Waals surface area (Å²) in [5.41, 5.74) is 1.86. The smallest absolute Gasteiger partial charge is 0.186 e. The molecule has 5 rings (SSSR count). The lowest BCUT2D eigenvalue weighted by Gasteiger charge is -2.58. The topological polar surface area (TPSA) is 120 Å². The van der Waals surface area contributed by atoms with Crippen LogP contribution in [0, 0.1) is 34.5 Å². The van der Waals surface area contributed by atoms with Gasteiger partial charge in [-0.25, -0.2) is 0 Å². The molecule has 4 fully saturated rings. The zero-order valence-corrected chi connectivity index (χ0v) is 20.8. The van der Waals surface area contributed by atoms with E-state index in [4.69, 9.17) is 9.47 Å². The average molecular weight is 481 g/mol. The van der Waals surface area contributed by atoms with Crippen LogP contribution in [0.3, 0.4) is 0 Å². The van der Waals surface area contributed by atoms with Gasteiger partial charge in [-0.2, -0.15) is 0 Å². The molecule has 194 valence electrons. The molecule has 1 saturated heterocycles. The number of hydrogen-bond donors (Lipinski definition) is 5. The van der Waals surface area contributed by atoms with E-state index in [1.165, 1.54) is 18.4 Å². The van der Waals surface area contributed by atoms with E-state index in [1.54, 1.807) is 0 Å². The third kappa shape index (κ3) is 3.82. The standard InChI is InChI=1S/C27H44O7/c1-14(33-25-24(32)23(31)22(30)21(13-28)34-25)18-6-7-19-17-5-4-15-12-16(29)8-10-26(15,2)20(17)9-11-27(18,19)3/h4,14,16-25,28-32H,5-13H2,1-3H3/t14-,16+,17+,18-,19+,20+,21-,22-,23+,24-,25-,26+,27-/m1/s1. The molecule has 0 spiro atoms. The molecule has 0 radical (unpaired) electrons. The molecule has 3 saturated carbocycles. The molecule has 5 N–H and O–H groups in total. The van der Waals surface area contributed by atoms with E-state index in [-0.39, 0.29) is 23.0 Å². The SMILES string of the molecule is C[C@@H](O[C@@H]1O[C@H](CO)[C@@H](O)[C@H](O)[C@H]1O)[C@H]1CC[C@H]2[C@@H]3CC=C4C[C@@H](O)CC[C@]4(C)[C@H]3CC[C@]12C. The zero-order chi connectivity index (χ0) is 24.4. The molecule has 0 aromatic carbocycles. The zero-order valence-electron chi connectivity index (χ0n) is 20.8. The van der Waals surface area contributed by atoms with Crippen molar-refractivity contribution in [2.75, 3.05) is 6.61 Å². The van der Waals surface area contributed by atoms with Gasteiger partial charge in [-0.05, 0) is 92.8 Å². The van der Waals surface area contributed by atoms with Crippen LogP contribution in [0.2, 0.25) is 0 Å². The number of fused-ring (bicyclic) bond motifs is 5. The number of aliphatic hydroxyl groups excluding tert-OH is 5. The molecule has 13 atom stereocenters. The Labute approximate surface area is 203 Å². The Balaban J connectivity index is 1.31. The Kier molecular flexibility index (Phi) is 6.71. The van der Waals surface area contributed by atoms with E-state index in [1.807, 2.05) is 6.92 Å². The molecule has 0 amide bonds. The number of allylic oxidation sites excluding steroid dienone is 1. The van der Waals surface area contributed by atoms with Gasteiger partial charge in [-0.1, -0.05) is 25.5 Å². The summed E-state index contributed by atoms with van der Waals surface area (Å²) in [7, 11) is 0. The van der Waals surface area contributed by atoms with Crippen LogP contribution in [-0.4, -0.2) is 75.1 Å². The molecule has 0 bridgehead atoms. The highest BCUT2D eigenvalue weighted by atomic mass is 16.7. The van der Waals surface area contributed by atoms with E-state index in [0.717, 1.165) is 38.5 Å². The predicted octanol–water partition coefficient (Wildman–Crippen LogP) is 2.13. The predicted molar refractivity (Wildman–Crippen MR) is 126 cm³/mol. The number of aliphatic hydroxyl groups is 5. The van der Waals surface area contributed by atoms with Crippen LogP contribution in [0.15, 0.2) is 11.6 Å². The maximum Gasteiger partial charge on any atom is 0.186 e. The molecule has 0 aromatic heterocycles. The van der Waals surface area contributed by atoms with E-state index in [0.29, 0.717) is 23.7 Å². The summed E-state index contributed by atoms with van der Waals surface area (Å²) in [4.78, 5) is 0. The molecule has 0 aromatic rings. The van der Waals surface area contributed by atoms with Gasteiger partial charge in [0.15, 0.2) is 6.29 Å². The van der Waals surface area contributed by atoms with Crippen molar-refractivity contribution < 1.29 is 35.0 Å². The maximum absolute atomic E-state index is 10.5. The van der Waals surface area contributed by atoms with E-state index in [2.05, 4.69) is 19.9 Å². The first-order valence-electron chi connectivity index (χ1n) is 13.4. The lowest BCUT2D eigenvalue weighted by Crippen LogP contribution is -2.60. The molecule has 0 unspecified atom stereocenters. The van der Waals surface area contributed by atoms with Gasteiger partial charge in [-0.15, -0.1) is 0 Å². The summed E-state index contributed by atoms with van der Waals surface area (Å²) in [5.74, 6) is 2.28. The van der Waals surface area contributed by atoms with Gasteiger partial charge >= 0.3 is 0 Å². The molecule has 1 heterocycles. The molecule has 34 heavy (non-hydrogen) atoms. The molecule has 7 heteroatoms. The summed E-state index contributed by atoms with van der Waals surface area (Å²) in [6.07, 6.45) is 4.47. The van der Waals surface area contributed by atoms with Gasteiger partial charge < -0.3 is 35.0 Å². The van der Waals surface area contributed by atoms with Crippen LogP contribution in [0.25, 0.3) is 0 Å². The van der Waals surface area contributed by atoms with Gasteiger partial charge in [0.2, 0.25) is 0 Å². The Bertz CT molecular complexity index is 785. The first kappa shape index (κ1) is 25.1. The maximum atomic E-state index is 10.5. The number of rotatable bonds is 4. The van der Waals surface area contributed by atoms with Gasteiger partial charge in [0.1, 0.15) is 24.4 Å². The summed E-state index contributed by atoms with van der Waals surface area (Å²) in [6, 6.07) is 0. The quantitative estimate of drug-likeness (QED) is 0.391. The highest BCUT2D eigenvalue weighted by Crippen LogP contribution is 2.66. The van der Waals surface area contributed by atoms with Crippen LogP contribution in [0.1, 0.15) is 72.1 Å². The highest BCUT2D eigenvalue weighted by Gasteiger charge is 2.59. The minimum Gasteiger partial charge on any atom is -0.394 e.